The molecule has 3 rings (SSSR count). The Balaban J connectivity index is 1.56. The normalized spacial score (nSPS) is 21.0. The highest BCUT2D eigenvalue weighted by molar-refractivity contribution is 7.99. The van der Waals surface area contributed by atoms with E-state index in [1.54, 1.807) is 0 Å². The maximum absolute atomic E-state index is 12.0. The molecular weight excluding hydrogens is 310 g/mol. The molecule has 0 bridgehead atoms. The van der Waals surface area contributed by atoms with Gasteiger partial charge >= 0.3 is 0 Å². The average Bonchev–Trinajstić information content (AvgIpc) is 3.13. The number of aliphatic hydroxyl groups excluding tert-OH is 1. The number of amides is 1. The van der Waals surface area contributed by atoms with Gasteiger partial charge in [0, 0.05) is 19.0 Å². The predicted octanol–water partition coefficient (Wildman–Crippen LogP) is 2.43. The van der Waals surface area contributed by atoms with Crippen LogP contribution in [0.2, 0.25) is 0 Å². The number of thioether (sulfide) groups is 1. The average molecular weight is 333 g/mol. The highest BCUT2D eigenvalue weighted by Gasteiger charge is 2.25. The fraction of sp³-hybridized carbons (Fsp3) is 0.529. The number of fused-ring (bicyclic) bond motifs is 1. The maximum Gasteiger partial charge on any atom is 0.230 e. The molecule has 1 aliphatic rings. The van der Waals surface area contributed by atoms with Gasteiger partial charge in [-0.2, -0.15) is 0 Å². The van der Waals surface area contributed by atoms with Gasteiger partial charge in [-0.3, -0.25) is 4.79 Å². The van der Waals surface area contributed by atoms with Crippen LogP contribution in [0, 0.1) is 5.92 Å². The molecule has 124 valence electrons. The van der Waals surface area contributed by atoms with Crippen LogP contribution in [0.1, 0.15) is 26.2 Å². The molecule has 6 heteroatoms. The SMILES string of the molecule is CCn1c(SCC(=O)NCC2CCCC2O)nc2ccccc21. The second-order valence-corrected chi connectivity index (χ2v) is 6.92. The Hall–Kier alpha value is -1.53. The van der Waals surface area contributed by atoms with Gasteiger partial charge < -0.3 is 15.0 Å². The fourth-order valence-corrected chi connectivity index (χ4v) is 4.06. The number of benzene rings is 1. The van der Waals surface area contributed by atoms with Crippen LogP contribution >= 0.6 is 11.8 Å². The van der Waals surface area contributed by atoms with Crippen molar-refractivity contribution in [1.29, 1.82) is 0 Å². The Morgan fingerprint density at radius 2 is 2.26 bits per heavy atom. The number of aliphatic hydroxyl groups is 1. The van der Waals surface area contributed by atoms with Crippen molar-refractivity contribution in [2.24, 2.45) is 5.92 Å². The molecule has 2 atom stereocenters. The van der Waals surface area contributed by atoms with Crippen molar-refractivity contribution in [3.8, 4) is 0 Å². The first-order valence-electron chi connectivity index (χ1n) is 8.22. The van der Waals surface area contributed by atoms with E-state index in [2.05, 4.69) is 27.9 Å². The van der Waals surface area contributed by atoms with E-state index in [9.17, 15) is 9.90 Å². The summed E-state index contributed by atoms with van der Waals surface area (Å²) >= 11 is 1.47. The van der Waals surface area contributed by atoms with Crippen molar-refractivity contribution in [3.05, 3.63) is 24.3 Å². The molecule has 2 unspecified atom stereocenters. The monoisotopic (exact) mass is 333 g/mol. The van der Waals surface area contributed by atoms with Crippen LogP contribution in [0.4, 0.5) is 0 Å². The summed E-state index contributed by atoms with van der Waals surface area (Å²) in [4.78, 5) is 16.7. The van der Waals surface area contributed by atoms with Crippen LogP contribution in [0.15, 0.2) is 29.4 Å². The lowest BCUT2D eigenvalue weighted by Gasteiger charge is -2.14. The molecule has 5 nitrogen and oxygen atoms in total. The molecule has 2 aromatic rings. The van der Waals surface area contributed by atoms with Gasteiger partial charge in [-0.15, -0.1) is 0 Å². The van der Waals surface area contributed by atoms with Gasteiger partial charge in [0.05, 0.1) is 22.9 Å². The van der Waals surface area contributed by atoms with Gasteiger partial charge in [-0.05, 0) is 31.9 Å². The third kappa shape index (κ3) is 3.70. The van der Waals surface area contributed by atoms with Crippen molar-refractivity contribution in [1.82, 2.24) is 14.9 Å². The molecule has 0 radical (unpaired) electrons. The summed E-state index contributed by atoms with van der Waals surface area (Å²) in [7, 11) is 0. The first-order chi connectivity index (χ1) is 11.2. The molecule has 0 spiro atoms. The van der Waals surface area contributed by atoms with Gasteiger partial charge in [0.2, 0.25) is 5.91 Å². The quantitative estimate of drug-likeness (QED) is 0.797. The minimum Gasteiger partial charge on any atom is -0.393 e. The van der Waals surface area contributed by atoms with E-state index in [0.29, 0.717) is 12.3 Å². The van der Waals surface area contributed by atoms with Crippen molar-refractivity contribution >= 4 is 28.7 Å². The van der Waals surface area contributed by atoms with Crippen molar-refractivity contribution in [2.45, 2.75) is 44.0 Å². The van der Waals surface area contributed by atoms with E-state index in [4.69, 9.17) is 0 Å². The molecule has 1 heterocycles. The summed E-state index contributed by atoms with van der Waals surface area (Å²) in [5, 5.41) is 13.6. The summed E-state index contributed by atoms with van der Waals surface area (Å²) in [6.45, 7) is 3.49. The molecular formula is C17H23N3O2S. The van der Waals surface area contributed by atoms with Crippen LogP contribution in [0.3, 0.4) is 0 Å². The highest BCUT2D eigenvalue weighted by atomic mass is 32.2. The Bertz CT molecular complexity index is 686. The Morgan fingerprint density at radius 3 is 3.00 bits per heavy atom. The van der Waals surface area contributed by atoms with E-state index in [1.165, 1.54) is 11.8 Å². The summed E-state index contributed by atoms with van der Waals surface area (Å²) in [5.74, 6) is 0.569. The summed E-state index contributed by atoms with van der Waals surface area (Å²) in [6.07, 6.45) is 2.65. The smallest absolute Gasteiger partial charge is 0.230 e. The van der Waals surface area contributed by atoms with Gasteiger partial charge in [0.15, 0.2) is 5.16 Å². The summed E-state index contributed by atoms with van der Waals surface area (Å²) in [5.41, 5.74) is 2.07. The van der Waals surface area contributed by atoms with E-state index < -0.39 is 0 Å². The minimum atomic E-state index is -0.257. The molecule has 1 fully saturated rings. The zero-order valence-corrected chi connectivity index (χ0v) is 14.2. The van der Waals surface area contributed by atoms with E-state index in [0.717, 1.165) is 42.0 Å². The Labute approximate surface area is 140 Å². The first-order valence-corrected chi connectivity index (χ1v) is 9.20. The van der Waals surface area contributed by atoms with Crippen LogP contribution in [-0.4, -0.2) is 39.0 Å². The van der Waals surface area contributed by atoms with Gasteiger partial charge in [0.1, 0.15) is 0 Å². The van der Waals surface area contributed by atoms with Gasteiger partial charge in [-0.1, -0.05) is 30.3 Å². The molecule has 23 heavy (non-hydrogen) atoms. The molecule has 1 aliphatic carbocycles. The number of carbonyl (C=O) groups is 1. The van der Waals surface area contributed by atoms with Crippen LogP contribution < -0.4 is 5.32 Å². The topological polar surface area (TPSA) is 67.2 Å². The number of para-hydroxylation sites is 2. The van der Waals surface area contributed by atoms with E-state index in [1.807, 2.05) is 18.2 Å². The molecule has 0 aliphatic heterocycles. The first kappa shape index (κ1) is 16.3. The number of imidazole rings is 1. The lowest BCUT2D eigenvalue weighted by Crippen LogP contribution is -2.33. The van der Waals surface area contributed by atoms with Crippen LogP contribution in [-0.2, 0) is 11.3 Å². The molecule has 1 saturated carbocycles. The van der Waals surface area contributed by atoms with Crippen molar-refractivity contribution in [2.75, 3.05) is 12.3 Å². The van der Waals surface area contributed by atoms with Crippen molar-refractivity contribution in [3.63, 3.8) is 0 Å². The lowest BCUT2D eigenvalue weighted by atomic mass is 10.1. The molecule has 1 amide bonds. The Kier molecular flexibility index (Phi) is 5.23. The lowest BCUT2D eigenvalue weighted by molar-refractivity contribution is -0.118. The second-order valence-electron chi connectivity index (χ2n) is 5.98. The third-order valence-corrected chi connectivity index (χ3v) is 5.42. The number of hydrogen-bond donors (Lipinski definition) is 2. The standard InChI is InChI=1S/C17H23N3O2S/c1-2-20-14-8-4-3-7-13(14)19-17(20)23-11-16(22)18-10-12-6-5-9-15(12)21/h3-4,7-8,12,15,21H,2,5-6,9-11H2,1H3,(H,18,22). The highest BCUT2D eigenvalue weighted by Crippen LogP contribution is 2.25. The second kappa shape index (κ2) is 7.36. The summed E-state index contributed by atoms with van der Waals surface area (Å²) in [6, 6.07) is 8.03. The Morgan fingerprint density at radius 1 is 1.43 bits per heavy atom. The third-order valence-electron chi connectivity index (χ3n) is 4.45. The number of nitrogens with one attached hydrogen (secondary N) is 1. The molecule has 2 N–H and O–H groups in total. The zero-order chi connectivity index (χ0) is 16.2. The number of carbonyl (C=O) groups excluding carboxylic acids is 1. The molecule has 1 aromatic heterocycles. The maximum atomic E-state index is 12.0. The minimum absolute atomic E-state index is 0.00353. The van der Waals surface area contributed by atoms with Crippen LogP contribution in [0.5, 0.6) is 0 Å². The number of aryl methyl sites for hydroxylation is 1. The number of hydrogen-bond acceptors (Lipinski definition) is 4. The number of nitrogens with zero attached hydrogens (tertiary/aromatic N) is 2. The van der Waals surface area contributed by atoms with E-state index in [-0.39, 0.29) is 17.9 Å². The predicted molar refractivity (Wildman–Crippen MR) is 92.5 cm³/mol. The number of aromatic nitrogens is 2. The van der Waals surface area contributed by atoms with Crippen molar-refractivity contribution < 1.29 is 9.90 Å². The van der Waals surface area contributed by atoms with E-state index >= 15 is 0 Å². The molecule has 1 aromatic carbocycles. The number of rotatable bonds is 6. The van der Waals surface area contributed by atoms with Gasteiger partial charge in [0.25, 0.3) is 0 Å². The largest absolute Gasteiger partial charge is 0.393 e. The van der Waals surface area contributed by atoms with Gasteiger partial charge in [-0.25, -0.2) is 4.98 Å². The van der Waals surface area contributed by atoms with Crippen LogP contribution in [0.25, 0.3) is 11.0 Å². The fourth-order valence-electron chi connectivity index (χ4n) is 3.15. The zero-order valence-electron chi connectivity index (χ0n) is 13.4. The molecule has 0 saturated heterocycles. The summed E-state index contributed by atoms with van der Waals surface area (Å²) < 4.78 is 2.13.